The zero-order valence-corrected chi connectivity index (χ0v) is 14.3. The van der Waals surface area contributed by atoms with E-state index >= 15 is 0 Å². The highest BCUT2D eigenvalue weighted by molar-refractivity contribution is 8.01. The maximum Gasteiger partial charge on any atom is 0.165 e. The minimum absolute atomic E-state index is 0.0324. The smallest absolute Gasteiger partial charge is 0.165 e. The predicted octanol–water partition coefficient (Wildman–Crippen LogP) is 4.62. The molecule has 0 radical (unpaired) electrons. The Bertz CT molecular complexity index is 812. The topological polar surface area (TPSA) is 42.4 Å². The Labute approximate surface area is 146 Å². The molecular formula is C16H13ClFNO2S2. The number of benzene rings is 2. The molecule has 1 heterocycles. The number of fused-ring (bicyclic) bond motifs is 1. The summed E-state index contributed by atoms with van der Waals surface area (Å²) in [6.45, 7) is 0.0324. The summed E-state index contributed by atoms with van der Waals surface area (Å²) in [5, 5.41) is 10.6. The molecule has 0 spiro atoms. The molecule has 0 unspecified atom stereocenters. The monoisotopic (exact) mass is 369 g/mol. The van der Waals surface area contributed by atoms with Crippen LogP contribution in [0.15, 0.2) is 46.8 Å². The van der Waals surface area contributed by atoms with Gasteiger partial charge in [0.25, 0.3) is 0 Å². The summed E-state index contributed by atoms with van der Waals surface area (Å²) in [5.74, 6) is 0.128. The van der Waals surface area contributed by atoms with Crippen LogP contribution >= 0.6 is 34.7 Å². The molecule has 3 aromatic rings. The summed E-state index contributed by atoms with van der Waals surface area (Å²) in [7, 11) is 0. The number of rotatable bonds is 6. The fraction of sp³-hybridized carbons (Fsp3) is 0.188. The van der Waals surface area contributed by atoms with Crippen molar-refractivity contribution in [3.63, 3.8) is 0 Å². The van der Waals surface area contributed by atoms with Gasteiger partial charge in [0.05, 0.1) is 16.3 Å². The Balaban J connectivity index is 1.53. The summed E-state index contributed by atoms with van der Waals surface area (Å²) in [5.41, 5.74) is 0.849. The highest BCUT2D eigenvalue weighted by Crippen LogP contribution is 2.31. The summed E-state index contributed by atoms with van der Waals surface area (Å²) < 4.78 is 20.6. The normalized spacial score (nSPS) is 12.5. The SMILES string of the molecule is O[C@H](COc1ccccc1F)CSc1nc2cc(Cl)ccc2s1. The molecule has 120 valence electrons. The van der Waals surface area contributed by atoms with Crippen molar-refractivity contribution in [2.75, 3.05) is 12.4 Å². The molecule has 0 aliphatic carbocycles. The van der Waals surface area contributed by atoms with Crippen LogP contribution in [0.4, 0.5) is 4.39 Å². The maximum absolute atomic E-state index is 13.4. The predicted molar refractivity (Wildman–Crippen MR) is 93.3 cm³/mol. The molecule has 0 saturated heterocycles. The fourth-order valence-electron chi connectivity index (χ4n) is 1.90. The Hall–Kier alpha value is -1.34. The summed E-state index contributed by atoms with van der Waals surface area (Å²) >= 11 is 8.92. The molecule has 0 bridgehead atoms. The van der Waals surface area contributed by atoms with Crippen LogP contribution in [0.25, 0.3) is 10.2 Å². The fourth-order valence-corrected chi connectivity index (χ4v) is 4.05. The highest BCUT2D eigenvalue weighted by atomic mass is 35.5. The average molecular weight is 370 g/mol. The third kappa shape index (κ3) is 4.35. The van der Waals surface area contributed by atoms with Crippen LogP contribution in [-0.2, 0) is 0 Å². The van der Waals surface area contributed by atoms with Crippen LogP contribution in [0.5, 0.6) is 5.75 Å². The Morgan fingerprint density at radius 2 is 2.13 bits per heavy atom. The van der Waals surface area contributed by atoms with Crippen molar-refractivity contribution in [1.29, 1.82) is 0 Å². The lowest BCUT2D eigenvalue weighted by Crippen LogP contribution is -2.20. The number of hydrogen-bond donors (Lipinski definition) is 1. The molecular weight excluding hydrogens is 357 g/mol. The van der Waals surface area contributed by atoms with Gasteiger partial charge in [-0.3, -0.25) is 0 Å². The number of aromatic nitrogens is 1. The second-order valence-electron chi connectivity index (χ2n) is 4.80. The number of thioether (sulfide) groups is 1. The zero-order chi connectivity index (χ0) is 16.2. The van der Waals surface area contributed by atoms with Crippen LogP contribution in [-0.4, -0.2) is 28.6 Å². The second-order valence-corrected chi connectivity index (χ2v) is 7.53. The number of ether oxygens (including phenoxy) is 1. The van der Waals surface area contributed by atoms with E-state index in [4.69, 9.17) is 16.3 Å². The van der Waals surface area contributed by atoms with Crippen LogP contribution in [0.3, 0.4) is 0 Å². The number of thiazole rings is 1. The van der Waals surface area contributed by atoms with Gasteiger partial charge in [0.1, 0.15) is 6.61 Å². The van der Waals surface area contributed by atoms with E-state index in [0.29, 0.717) is 10.8 Å². The molecule has 3 rings (SSSR count). The number of para-hydroxylation sites is 1. The van der Waals surface area contributed by atoms with Gasteiger partial charge in [-0.15, -0.1) is 11.3 Å². The van der Waals surface area contributed by atoms with Crippen LogP contribution in [0.2, 0.25) is 5.02 Å². The van der Waals surface area contributed by atoms with Crippen molar-refractivity contribution in [2.45, 2.75) is 10.4 Å². The molecule has 0 fully saturated rings. The van der Waals surface area contributed by atoms with Gasteiger partial charge < -0.3 is 9.84 Å². The van der Waals surface area contributed by atoms with Gasteiger partial charge in [0.2, 0.25) is 0 Å². The van der Waals surface area contributed by atoms with Crippen molar-refractivity contribution in [2.24, 2.45) is 0 Å². The molecule has 0 saturated carbocycles. The van der Waals surface area contributed by atoms with Crippen LogP contribution in [0, 0.1) is 5.82 Å². The van der Waals surface area contributed by atoms with Gasteiger partial charge in [0.15, 0.2) is 15.9 Å². The zero-order valence-electron chi connectivity index (χ0n) is 11.9. The van der Waals surface area contributed by atoms with E-state index in [0.717, 1.165) is 14.6 Å². The first-order valence-electron chi connectivity index (χ1n) is 6.86. The summed E-state index contributed by atoms with van der Waals surface area (Å²) in [6, 6.07) is 11.7. The van der Waals surface area contributed by atoms with E-state index in [9.17, 15) is 9.50 Å². The van der Waals surface area contributed by atoms with E-state index < -0.39 is 11.9 Å². The number of nitrogens with zero attached hydrogens (tertiary/aromatic N) is 1. The van der Waals surface area contributed by atoms with Gasteiger partial charge in [-0.25, -0.2) is 9.37 Å². The van der Waals surface area contributed by atoms with E-state index in [-0.39, 0.29) is 12.4 Å². The van der Waals surface area contributed by atoms with E-state index in [1.807, 2.05) is 18.2 Å². The van der Waals surface area contributed by atoms with Crippen molar-refractivity contribution in [1.82, 2.24) is 4.98 Å². The molecule has 1 aromatic heterocycles. The number of hydrogen-bond acceptors (Lipinski definition) is 5. The minimum Gasteiger partial charge on any atom is -0.488 e. The molecule has 1 atom stereocenters. The van der Waals surface area contributed by atoms with Gasteiger partial charge in [0, 0.05) is 10.8 Å². The Morgan fingerprint density at radius 1 is 1.30 bits per heavy atom. The third-order valence-corrected chi connectivity index (χ3v) is 5.56. The lowest BCUT2D eigenvalue weighted by molar-refractivity contribution is 0.123. The minimum atomic E-state index is -0.713. The largest absolute Gasteiger partial charge is 0.488 e. The van der Waals surface area contributed by atoms with Gasteiger partial charge >= 0.3 is 0 Å². The first-order valence-corrected chi connectivity index (χ1v) is 9.04. The summed E-state index contributed by atoms with van der Waals surface area (Å²) in [6.07, 6.45) is -0.713. The number of halogens is 2. The molecule has 0 aliphatic heterocycles. The number of aliphatic hydroxyl groups excluding tert-OH is 1. The van der Waals surface area contributed by atoms with Crippen molar-refractivity contribution in [3.8, 4) is 5.75 Å². The van der Waals surface area contributed by atoms with Crippen molar-refractivity contribution in [3.05, 3.63) is 53.3 Å². The third-order valence-electron chi connectivity index (χ3n) is 3.00. The van der Waals surface area contributed by atoms with Gasteiger partial charge in [-0.1, -0.05) is 35.5 Å². The summed E-state index contributed by atoms with van der Waals surface area (Å²) in [4.78, 5) is 4.46. The lowest BCUT2D eigenvalue weighted by atomic mass is 10.3. The molecule has 2 aromatic carbocycles. The van der Waals surface area contributed by atoms with Crippen molar-refractivity contribution >= 4 is 44.9 Å². The van der Waals surface area contributed by atoms with Crippen molar-refractivity contribution < 1.29 is 14.2 Å². The lowest BCUT2D eigenvalue weighted by Gasteiger charge is -2.11. The van der Waals surface area contributed by atoms with Gasteiger partial charge in [-0.2, -0.15) is 0 Å². The molecule has 0 aliphatic rings. The molecule has 1 N–H and O–H groups in total. The van der Waals surface area contributed by atoms with E-state index in [2.05, 4.69) is 4.98 Å². The standard InChI is InChI=1S/C16H13ClFNO2S2/c17-10-5-6-15-13(7-10)19-16(23-15)22-9-11(20)8-21-14-4-2-1-3-12(14)18/h1-7,11,20H,8-9H2/t11-/m1/s1. The van der Waals surface area contributed by atoms with E-state index in [1.165, 1.54) is 23.9 Å². The Morgan fingerprint density at radius 3 is 2.96 bits per heavy atom. The maximum atomic E-state index is 13.4. The van der Waals surface area contributed by atoms with Crippen LogP contribution in [0.1, 0.15) is 0 Å². The van der Waals surface area contributed by atoms with Crippen LogP contribution < -0.4 is 4.74 Å². The average Bonchev–Trinajstić information content (AvgIpc) is 2.94. The quantitative estimate of drug-likeness (QED) is 0.644. The highest BCUT2D eigenvalue weighted by Gasteiger charge is 2.11. The second kappa shape index (κ2) is 7.49. The first-order chi connectivity index (χ1) is 11.1. The molecule has 23 heavy (non-hydrogen) atoms. The molecule has 7 heteroatoms. The number of aliphatic hydroxyl groups is 1. The Kier molecular flexibility index (Phi) is 5.38. The first kappa shape index (κ1) is 16.5. The molecule has 0 amide bonds. The van der Waals surface area contributed by atoms with Gasteiger partial charge in [-0.05, 0) is 30.3 Å². The molecule has 3 nitrogen and oxygen atoms in total. The van der Waals surface area contributed by atoms with E-state index in [1.54, 1.807) is 23.5 Å².